The van der Waals surface area contributed by atoms with Crippen molar-refractivity contribution in [3.05, 3.63) is 78.8 Å². The molecule has 0 radical (unpaired) electrons. The monoisotopic (exact) mass is 523 g/mol. The van der Waals surface area contributed by atoms with Crippen molar-refractivity contribution in [1.82, 2.24) is 14.5 Å². The summed E-state index contributed by atoms with van der Waals surface area (Å²) in [7, 11) is 1.69. The molecular weight excluding hydrogens is 490 g/mol. The fourth-order valence-corrected chi connectivity index (χ4v) is 5.57. The smallest absolute Gasteiger partial charge is 0.119 e. The Kier molecular flexibility index (Phi) is 7.11. The van der Waals surface area contributed by atoms with E-state index >= 15 is 0 Å². The van der Waals surface area contributed by atoms with E-state index in [9.17, 15) is 5.11 Å². The molecule has 0 atom stereocenters. The fourth-order valence-electron chi connectivity index (χ4n) is 5.57. The predicted molar refractivity (Wildman–Crippen MR) is 156 cm³/mol. The number of aromatic nitrogens is 3. The molecule has 39 heavy (non-hydrogen) atoms. The van der Waals surface area contributed by atoms with Gasteiger partial charge in [0.25, 0.3) is 0 Å². The van der Waals surface area contributed by atoms with E-state index in [-0.39, 0.29) is 13.2 Å². The lowest BCUT2D eigenvalue weighted by molar-refractivity contribution is 0.0800. The molecule has 200 valence electrons. The number of nitrogens with one attached hydrogen (secondary N) is 2. The average molecular weight is 524 g/mol. The zero-order chi connectivity index (χ0) is 26.8. The Morgan fingerprint density at radius 1 is 0.821 bits per heavy atom. The van der Waals surface area contributed by atoms with E-state index in [0.29, 0.717) is 13.2 Å². The molecule has 6 aromatic rings. The summed E-state index contributed by atoms with van der Waals surface area (Å²) in [6.45, 7) is 1.74. The second kappa shape index (κ2) is 11.0. The van der Waals surface area contributed by atoms with E-state index in [1.54, 1.807) is 7.11 Å². The highest BCUT2D eigenvalue weighted by Gasteiger charge is 2.20. The SMILES string of the molecule is COc1ccc2[nH]cc(-c3c(-c4cn(CCCCO)c5ccccc45)ccc4[nH]c(COCCO)cc34)c2c1. The van der Waals surface area contributed by atoms with Crippen LogP contribution in [0.4, 0.5) is 0 Å². The Morgan fingerprint density at radius 2 is 1.69 bits per heavy atom. The van der Waals surface area contributed by atoms with Crippen molar-refractivity contribution in [3.8, 4) is 28.0 Å². The Bertz CT molecular complexity index is 1740. The van der Waals surface area contributed by atoms with Gasteiger partial charge in [0.1, 0.15) is 5.75 Å². The van der Waals surface area contributed by atoms with E-state index in [4.69, 9.17) is 14.6 Å². The maximum Gasteiger partial charge on any atom is 0.119 e. The number of nitrogens with zero attached hydrogens (tertiary/aromatic N) is 1. The maximum absolute atomic E-state index is 9.33. The number of methoxy groups -OCH3 is 1. The van der Waals surface area contributed by atoms with Gasteiger partial charge < -0.3 is 34.2 Å². The number of fused-ring (bicyclic) bond motifs is 3. The van der Waals surface area contributed by atoms with Gasteiger partial charge in [-0.2, -0.15) is 0 Å². The molecule has 0 amide bonds. The standard InChI is InChI=1S/C32H33N3O4/c1-38-22-8-10-29-25(17-22)27(18-33-29)32-24(9-11-30-26(32)16-21(34-30)20-39-15-14-37)28-19-35(12-4-5-13-36)31-7-3-2-6-23(28)31/h2-3,6-11,16-19,33-34,36-37H,4-5,12-15,20H2,1H3. The van der Waals surface area contributed by atoms with Crippen molar-refractivity contribution >= 4 is 32.7 Å². The summed E-state index contributed by atoms with van der Waals surface area (Å²) in [6.07, 6.45) is 6.02. The van der Waals surface area contributed by atoms with Crippen LogP contribution in [0.5, 0.6) is 5.75 Å². The highest BCUT2D eigenvalue weighted by molar-refractivity contribution is 6.13. The highest BCUT2D eigenvalue weighted by Crippen LogP contribution is 2.44. The van der Waals surface area contributed by atoms with Crippen molar-refractivity contribution in [2.24, 2.45) is 0 Å². The Balaban J connectivity index is 1.59. The summed E-state index contributed by atoms with van der Waals surface area (Å²) < 4.78 is 13.5. The number of H-pyrrole nitrogens is 2. The van der Waals surface area contributed by atoms with Crippen molar-refractivity contribution in [2.75, 3.05) is 26.9 Å². The Labute approximate surface area is 226 Å². The predicted octanol–water partition coefficient (Wildman–Crippen LogP) is 6.23. The number of aliphatic hydroxyl groups excluding tert-OH is 2. The van der Waals surface area contributed by atoms with E-state index in [0.717, 1.165) is 69.3 Å². The molecule has 4 N–H and O–H groups in total. The number of benzene rings is 3. The summed E-state index contributed by atoms with van der Waals surface area (Å²) in [4.78, 5) is 6.97. The lowest BCUT2D eigenvalue weighted by atomic mass is 9.91. The quantitative estimate of drug-likeness (QED) is 0.151. The molecule has 0 aliphatic heterocycles. The van der Waals surface area contributed by atoms with Crippen LogP contribution in [0.3, 0.4) is 0 Å². The molecule has 0 saturated heterocycles. The van der Waals surface area contributed by atoms with Crippen LogP contribution >= 0.6 is 0 Å². The number of para-hydroxylation sites is 1. The minimum atomic E-state index is -0.00479. The van der Waals surface area contributed by atoms with Gasteiger partial charge in [0.15, 0.2) is 0 Å². The third-order valence-electron chi connectivity index (χ3n) is 7.40. The summed E-state index contributed by atoms with van der Waals surface area (Å²) in [6, 6.07) is 21.1. The highest BCUT2D eigenvalue weighted by atomic mass is 16.5. The molecule has 0 aliphatic carbocycles. The number of hydrogen-bond donors (Lipinski definition) is 4. The molecule has 7 nitrogen and oxygen atoms in total. The molecule has 3 aromatic carbocycles. The number of ether oxygens (including phenoxy) is 2. The Hall–Kier alpha value is -4.04. The summed E-state index contributed by atoms with van der Waals surface area (Å²) in [5.41, 5.74) is 8.76. The van der Waals surface area contributed by atoms with Crippen LogP contribution < -0.4 is 4.74 Å². The van der Waals surface area contributed by atoms with Crippen molar-refractivity contribution in [3.63, 3.8) is 0 Å². The third kappa shape index (κ3) is 4.69. The van der Waals surface area contributed by atoms with Crippen LogP contribution in [0.1, 0.15) is 18.5 Å². The van der Waals surface area contributed by atoms with Gasteiger partial charge in [0.05, 0.1) is 26.9 Å². The normalized spacial score (nSPS) is 11.8. The Morgan fingerprint density at radius 3 is 2.54 bits per heavy atom. The second-order valence-electron chi connectivity index (χ2n) is 9.82. The van der Waals surface area contributed by atoms with Gasteiger partial charge in [-0.05, 0) is 54.8 Å². The molecule has 7 heteroatoms. The summed E-state index contributed by atoms with van der Waals surface area (Å²) in [5.74, 6) is 0.810. The fraction of sp³-hybridized carbons (Fsp3) is 0.250. The first kappa shape index (κ1) is 25.2. The topological polar surface area (TPSA) is 95.4 Å². The number of unbranched alkanes of at least 4 members (excludes halogenated alkanes) is 1. The minimum Gasteiger partial charge on any atom is -0.497 e. The third-order valence-corrected chi connectivity index (χ3v) is 7.40. The minimum absolute atomic E-state index is 0.00479. The van der Waals surface area contributed by atoms with Crippen LogP contribution in [-0.4, -0.2) is 51.7 Å². The van der Waals surface area contributed by atoms with Crippen molar-refractivity contribution in [1.29, 1.82) is 0 Å². The molecule has 0 bridgehead atoms. The van der Waals surface area contributed by atoms with E-state index in [2.05, 4.69) is 81.5 Å². The molecular formula is C32H33N3O4. The largest absolute Gasteiger partial charge is 0.497 e. The number of hydrogen-bond acceptors (Lipinski definition) is 4. The van der Waals surface area contributed by atoms with Gasteiger partial charge in [0, 0.05) is 80.6 Å². The van der Waals surface area contributed by atoms with E-state index in [1.807, 2.05) is 6.07 Å². The van der Waals surface area contributed by atoms with Crippen LogP contribution in [0, 0.1) is 0 Å². The molecule has 0 saturated carbocycles. The van der Waals surface area contributed by atoms with Crippen molar-refractivity contribution < 1.29 is 19.7 Å². The lowest BCUT2D eigenvalue weighted by Crippen LogP contribution is -1.99. The summed E-state index contributed by atoms with van der Waals surface area (Å²) >= 11 is 0. The molecule has 0 fully saturated rings. The van der Waals surface area contributed by atoms with Crippen molar-refractivity contribution in [2.45, 2.75) is 26.0 Å². The second-order valence-corrected chi connectivity index (χ2v) is 9.82. The molecule has 3 heterocycles. The van der Waals surface area contributed by atoms with Gasteiger partial charge in [-0.15, -0.1) is 0 Å². The molecule has 3 aromatic heterocycles. The molecule has 6 rings (SSSR count). The van der Waals surface area contributed by atoms with E-state index in [1.165, 1.54) is 16.5 Å². The van der Waals surface area contributed by atoms with Crippen LogP contribution in [0.15, 0.2) is 73.1 Å². The first-order valence-corrected chi connectivity index (χ1v) is 13.4. The lowest BCUT2D eigenvalue weighted by Gasteiger charge is -2.11. The van der Waals surface area contributed by atoms with Crippen LogP contribution in [-0.2, 0) is 17.9 Å². The van der Waals surface area contributed by atoms with Gasteiger partial charge in [-0.25, -0.2) is 0 Å². The number of aromatic amines is 2. The number of aliphatic hydroxyl groups is 2. The summed E-state index contributed by atoms with van der Waals surface area (Å²) in [5, 5.41) is 21.9. The molecule has 0 spiro atoms. The zero-order valence-corrected chi connectivity index (χ0v) is 22.0. The molecule has 0 aliphatic rings. The first-order chi connectivity index (χ1) is 19.2. The van der Waals surface area contributed by atoms with Gasteiger partial charge in [0.2, 0.25) is 0 Å². The van der Waals surface area contributed by atoms with Gasteiger partial charge >= 0.3 is 0 Å². The van der Waals surface area contributed by atoms with E-state index < -0.39 is 0 Å². The van der Waals surface area contributed by atoms with Crippen LogP contribution in [0.25, 0.3) is 55.0 Å². The maximum atomic E-state index is 9.33. The first-order valence-electron chi connectivity index (χ1n) is 13.4. The van der Waals surface area contributed by atoms with Crippen LogP contribution in [0.2, 0.25) is 0 Å². The molecule has 0 unspecified atom stereocenters. The van der Waals surface area contributed by atoms with Gasteiger partial charge in [-0.3, -0.25) is 0 Å². The zero-order valence-electron chi connectivity index (χ0n) is 22.0. The number of rotatable bonds is 11. The number of aryl methyl sites for hydroxylation is 1. The van der Waals surface area contributed by atoms with Gasteiger partial charge in [-0.1, -0.05) is 24.3 Å². The average Bonchev–Trinajstić information content (AvgIpc) is 3.68.